The lowest BCUT2D eigenvalue weighted by atomic mass is 10.1. The Morgan fingerprint density at radius 3 is 2.16 bits per heavy atom. The molecule has 2 aromatic rings. The van der Waals surface area contributed by atoms with E-state index in [1.165, 1.54) is 4.90 Å². The molecular formula is C23H31N3O4S. The van der Waals surface area contributed by atoms with Crippen LogP contribution in [0.4, 0.5) is 5.69 Å². The summed E-state index contributed by atoms with van der Waals surface area (Å²) in [5.74, 6) is -0.688. The van der Waals surface area contributed by atoms with E-state index in [0.717, 1.165) is 21.7 Å². The van der Waals surface area contributed by atoms with Crippen molar-refractivity contribution in [1.82, 2.24) is 10.2 Å². The zero-order chi connectivity index (χ0) is 23.0. The summed E-state index contributed by atoms with van der Waals surface area (Å²) < 4.78 is 26.2. The molecule has 0 aromatic heterocycles. The molecule has 2 aromatic carbocycles. The van der Waals surface area contributed by atoms with Crippen molar-refractivity contribution in [1.29, 1.82) is 0 Å². The van der Waals surface area contributed by atoms with E-state index in [-0.39, 0.29) is 19.0 Å². The fraction of sp³-hybridized carbons (Fsp3) is 0.391. The standard InChI is InChI=1S/C23H31N3O4S/c1-5-20(23(28)24-6-2)25(16-19-13-8-7-9-14-19)22(27)17-26(31(4,29)30)21-15-11-10-12-18(21)3/h7-15,20H,5-6,16-17H2,1-4H3,(H,24,28). The molecule has 7 nitrogen and oxygen atoms in total. The van der Waals surface area contributed by atoms with Gasteiger partial charge in [-0.2, -0.15) is 0 Å². The number of amides is 2. The Kier molecular flexibility index (Phi) is 8.62. The molecular weight excluding hydrogens is 414 g/mol. The number of rotatable bonds is 10. The first-order chi connectivity index (χ1) is 14.7. The van der Waals surface area contributed by atoms with E-state index >= 15 is 0 Å². The molecule has 0 aliphatic heterocycles. The molecule has 8 heteroatoms. The second-order valence-electron chi connectivity index (χ2n) is 7.38. The Morgan fingerprint density at radius 2 is 1.61 bits per heavy atom. The highest BCUT2D eigenvalue weighted by Crippen LogP contribution is 2.23. The van der Waals surface area contributed by atoms with Crippen molar-refractivity contribution in [2.45, 2.75) is 39.8 Å². The van der Waals surface area contributed by atoms with Crippen molar-refractivity contribution in [2.24, 2.45) is 0 Å². The smallest absolute Gasteiger partial charge is 0.244 e. The summed E-state index contributed by atoms with van der Waals surface area (Å²) in [6.45, 7) is 5.72. The fourth-order valence-electron chi connectivity index (χ4n) is 3.43. The summed E-state index contributed by atoms with van der Waals surface area (Å²) in [5, 5.41) is 2.78. The molecule has 0 bridgehead atoms. The highest BCUT2D eigenvalue weighted by atomic mass is 32.2. The highest BCUT2D eigenvalue weighted by Gasteiger charge is 2.31. The van der Waals surface area contributed by atoms with E-state index in [1.807, 2.05) is 50.2 Å². The van der Waals surface area contributed by atoms with Crippen molar-refractivity contribution in [2.75, 3.05) is 23.7 Å². The third kappa shape index (κ3) is 6.55. The van der Waals surface area contributed by atoms with Crippen LogP contribution in [0.5, 0.6) is 0 Å². The number of aryl methyl sites for hydroxylation is 1. The maximum Gasteiger partial charge on any atom is 0.244 e. The SMILES string of the molecule is CCNC(=O)C(CC)N(Cc1ccccc1)C(=O)CN(c1ccccc1C)S(C)(=O)=O. The van der Waals surface area contributed by atoms with Crippen molar-refractivity contribution in [3.63, 3.8) is 0 Å². The number of carbonyl (C=O) groups excluding carboxylic acids is 2. The van der Waals surface area contributed by atoms with Crippen molar-refractivity contribution in [3.05, 3.63) is 65.7 Å². The Balaban J connectivity index is 2.42. The van der Waals surface area contributed by atoms with Crippen LogP contribution in [0.25, 0.3) is 0 Å². The van der Waals surface area contributed by atoms with E-state index in [4.69, 9.17) is 0 Å². The van der Waals surface area contributed by atoms with E-state index in [1.54, 1.807) is 25.1 Å². The minimum atomic E-state index is -3.72. The van der Waals surface area contributed by atoms with Gasteiger partial charge < -0.3 is 10.2 Å². The molecule has 168 valence electrons. The third-order valence-electron chi connectivity index (χ3n) is 5.00. The zero-order valence-corrected chi connectivity index (χ0v) is 19.4. The summed E-state index contributed by atoms with van der Waals surface area (Å²) in [4.78, 5) is 27.6. The first kappa shape index (κ1) is 24.4. The maximum absolute atomic E-state index is 13.4. The van der Waals surface area contributed by atoms with Crippen LogP contribution < -0.4 is 9.62 Å². The summed E-state index contributed by atoms with van der Waals surface area (Å²) in [6, 6.07) is 15.7. The highest BCUT2D eigenvalue weighted by molar-refractivity contribution is 7.92. The van der Waals surface area contributed by atoms with Gasteiger partial charge in [0.25, 0.3) is 0 Å². The molecule has 0 aliphatic carbocycles. The lowest BCUT2D eigenvalue weighted by Crippen LogP contribution is -2.52. The van der Waals surface area contributed by atoms with Crippen LogP contribution in [-0.2, 0) is 26.2 Å². The van der Waals surface area contributed by atoms with Gasteiger partial charge in [-0.25, -0.2) is 8.42 Å². The van der Waals surface area contributed by atoms with Crippen LogP contribution in [0, 0.1) is 6.92 Å². The van der Waals surface area contributed by atoms with Gasteiger partial charge in [0, 0.05) is 13.1 Å². The van der Waals surface area contributed by atoms with Crippen LogP contribution in [-0.4, -0.2) is 50.5 Å². The molecule has 0 heterocycles. The normalized spacial score (nSPS) is 12.1. The molecule has 0 saturated carbocycles. The summed E-state index contributed by atoms with van der Waals surface area (Å²) in [7, 11) is -3.72. The van der Waals surface area contributed by atoms with E-state index in [2.05, 4.69) is 5.32 Å². The first-order valence-electron chi connectivity index (χ1n) is 10.3. The number of hydrogen-bond donors (Lipinski definition) is 1. The summed E-state index contributed by atoms with van der Waals surface area (Å²) in [6.07, 6.45) is 1.49. The van der Waals surface area contributed by atoms with Crippen LogP contribution in [0.2, 0.25) is 0 Å². The number of nitrogens with one attached hydrogen (secondary N) is 1. The molecule has 0 saturated heterocycles. The number of nitrogens with zero attached hydrogens (tertiary/aromatic N) is 2. The number of para-hydroxylation sites is 1. The van der Waals surface area contributed by atoms with Gasteiger partial charge in [0.15, 0.2) is 0 Å². The van der Waals surface area contributed by atoms with Gasteiger partial charge in [-0.15, -0.1) is 0 Å². The average molecular weight is 446 g/mol. The van der Waals surface area contributed by atoms with E-state index < -0.39 is 22.0 Å². The van der Waals surface area contributed by atoms with E-state index in [9.17, 15) is 18.0 Å². The van der Waals surface area contributed by atoms with Crippen LogP contribution in [0.3, 0.4) is 0 Å². The topological polar surface area (TPSA) is 86.8 Å². The molecule has 31 heavy (non-hydrogen) atoms. The second-order valence-corrected chi connectivity index (χ2v) is 9.29. The Bertz CT molecular complexity index is 993. The molecule has 0 fully saturated rings. The molecule has 1 N–H and O–H groups in total. The summed E-state index contributed by atoms with van der Waals surface area (Å²) in [5.41, 5.74) is 2.05. The predicted octanol–water partition coefficient (Wildman–Crippen LogP) is 2.70. The molecule has 0 radical (unpaired) electrons. The largest absolute Gasteiger partial charge is 0.355 e. The van der Waals surface area contributed by atoms with Gasteiger partial charge in [-0.05, 0) is 37.5 Å². The van der Waals surface area contributed by atoms with Crippen molar-refractivity contribution >= 4 is 27.5 Å². The van der Waals surface area contributed by atoms with Gasteiger partial charge >= 0.3 is 0 Å². The molecule has 1 unspecified atom stereocenters. The number of likely N-dealkylation sites (N-methyl/N-ethyl adjacent to an activating group) is 1. The fourth-order valence-corrected chi connectivity index (χ4v) is 4.34. The Labute approximate surface area is 185 Å². The monoisotopic (exact) mass is 445 g/mol. The first-order valence-corrected chi connectivity index (χ1v) is 12.2. The summed E-state index contributed by atoms with van der Waals surface area (Å²) >= 11 is 0. The lowest BCUT2D eigenvalue weighted by molar-refractivity contribution is -0.140. The van der Waals surface area contributed by atoms with E-state index in [0.29, 0.717) is 18.7 Å². The number of anilines is 1. The Hall–Kier alpha value is -2.87. The van der Waals surface area contributed by atoms with Crippen molar-refractivity contribution < 1.29 is 18.0 Å². The molecule has 1 atom stereocenters. The van der Waals surface area contributed by atoms with Gasteiger partial charge in [0.1, 0.15) is 12.6 Å². The third-order valence-corrected chi connectivity index (χ3v) is 6.12. The van der Waals surface area contributed by atoms with Crippen LogP contribution in [0.1, 0.15) is 31.4 Å². The van der Waals surface area contributed by atoms with Gasteiger partial charge in [-0.3, -0.25) is 13.9 Å². The number of hydrogen-bond acceptors (Lipinski definition) is 4. The second kappa shape index (κ2) is 10.9. The quantitative estimate of drug-likeness (QED) is 0.609. The van der Waals surface area contributed by atoms with Gasteiger partial charge in [0.2, 0.25) is 21.8 Å². The lowest BCUT2D eigenvalue weighted by Gasteiger charge is -2.33. The van der Waals surface area contributed by atoms with Crippen LogP contribution in [0.15, 0.2) is 54.6 Å². The number of sulfonamides is 1. The van der Waals surface area contributed by atoms with Crippen LogP contribution >= 0.6 is 0 Å². The molecule has 0 aliphatic rings. The molecule has 2 amide bonds. The zero-order valence-electron chi connectivity index (χ0n) is 18.5. The minimum absolute atomic E-state index is 0.209. The predicted molar refractivity (Wildman–Crippen MR) is 123 cm³/mol. The Morgan fingerprint density at radius 1 is 1.00 bits per heavy atom. The average Bonchev–Trinajstić information content (AvgIpc) is 2.72. The maximum atomic E-state index is 13.4. The van der Waals surface area contributed by atoms with Gasteiger partial charge in [-0.1, -0.05) is 55.5 Å². The molecule has 2 rings (SSSR count). The van der Waals surface area contributed by atoms with Crippen molar-refractivity contribution in [3.8, 4) is 0 Å². The van der Waals surface area contributed by atoms with Gasteiger partial charge in [0.05, 0.1) is 11.9 Å². The molecule has 0 spiro atoms. The minimum Gasteiger partial charge on any atom is -0.355 e. The number of carbonyl (C=O) groups is 2. The number of benzene rings is 2.